The quantitative estimate of drug-likeness (QED) is 0.777. The minimum absolute atomic E-state index is 0.403. The first-order chi connectivity index (χ1) is 8.61. The minimum atomic E-state index is 0.403. The summed E-state index contributed by atoms with van der Waals surface area (Å²) in [5, 5.41) is 3.78. The monoisotopic (exact) mass is 307 g/mol. The summed E-state index contributed by atoms with van der Waals surface area (Å²) in [5.74, 6) is 0.740. The summed E-state index contributed by atoms with van der Waals surface area (Å²) >= 11 is 3.90. The molecule has 2 heteroatoms. The Hall–Kier alpha value is -0.340. The number of hydrogen-bond acceptors (Lipinski definition) is 1. The van der Waals surface area contributed by atoms with Gasteiger partial charge in [-0.15, -0.1) is 0 Å². The van der Waals surface area contributed by atoms with Gasteiger partial charge in [0.25, 0.3) is 0 Å². The molecule has 0 radical (unpaired) electrons. The Bertz CT molecular complexity index is 414. The van der Waals surface area contributed by atoms with E-state index in [4.69, 9.17) is 0 Å². The second kappa shape index (κ2) is 4.64. The van der Waals surface area contributed by atoms with Crippen molar-refractivity contribution in [2.75, 3.05) is 0 Å². The van der Waals surface area contributed by atoms with Gasteiger partial charge in [-0.25, -0.2) is 0 Å². The molecule has 2 aliphatic rings. The zero-order chi connectivity index (χ0) is 12.8. The fourth-order valence-electron chi connectivity index (χ4n) is 4.22. The SMILES string of the molecule is CC1CC2(c3ccccc3)CC(C)C(Br)C(C2)N1. The molecule has 1 saturated heterocycles. The maximum absolute atomic E-state index is 3.90. The Morgan fingerprint density at radius 3 is 2.56 bits per heavy atom. The largest absolute Gasteiger partial charge is 0.310 e. The summed E-state index contributed by atoms with van der Waals surface area (Å²) in [6.07, 6.45) is 3.87. The third-order valence-electron chi connectivity index (χ3n) is 4.83. The summed E-state index contributed by atoms with van der Waals surface area (Å²) in [5.41, 5.74) is 1.95. The van der Waals surface area contributed by atoms with Crippen LogP contribution in [0.25, 0.3) is 0 Å². The molecule has 1 aliphatic carbocycles. The van der Waals surface area contributed by atoms with E-state index in [9.17, 15) is 0 Å². The first-order valence-corrected chi connectivity index (χ1v) is 7.98. The van der Waals surface area contributed by atoms with Crippen molar-refractivity contribution in [2.24, 2.45) is 5.92 Å². The van der Waals surface area contributed by atoms with Gasteiger partial charge >= 0.3 is 0 Å². The Balaban J connectivity index is 1.99. The number of benzene rings is 1. The van der Waals surface area contributed by atoms with Crippen molar-refractivity contribution in [2.45, 2.75) is 55.4 Å². The molecule has 18 heavy (non-hydrogen) atoms. The topological polar surface area (TPSA) is 12.0 Å². The van der Waals surface area contributed by atoms with Crippen LogP contribution < -0.4 is 5.32 Å². The molecule has 0 spiro atoms. The Morgan fingerprint density at radius 2 is 1.83 bits per heavy atom. The molecule has 2 bridgehead atoms. The molecule has 0 amide bonds. The summed E-state index contributed by atoms with van der Waals surface area (Å²) in [7, 11) is 0. The van der Waals surface area contributed by atoms with Crippen molar-refractivity contribution in [3.05, 3.63) is 35.9 Å². The van der Waals surface area contributed by atoms with Gasteiger partial charge in [-0.2, -0.15) is 0 Å². The molecule has 1 saturated carbocycles. The van der Waals surface area contributed by atoms with Gasteiger partial charge < -0.3 is 5.32 Å². The van der Waals surface area contributed by atoms with E-state index in [0.717, 1.165) is 5.92 Å². The van der Waals surface area contributed by atoms with Gasteiger partial charge in [0.1, 0.15) is 0 Å². The van der Waals surface area contributed by atoms with Gasteiger partial charge in [0.05, 0.1) is 0 Å². The summed E-state index contributed by atoms with van der Waals surface area (Å²) in [6.45, 7) is 4.72. The van der Waals surface area contributed by atoms with Crippen molar-refractivity contribution in [3.8, 4) is 0 Å². The molecule has 2 fully saturated rings. The molecule has 5 atom stereocenters. The Morgan fingerprint density at radius 1 is 1.11 bits per heavy atom. The third-order valence-corrected chi connectivity index (χ3v) is 6.37. The molecular formula is C16H22BrN. The van der Waals surface area contributed by atoms with Gasteiger partial charge in [-0.1, -0.05) is 53.2 Å². The van der Waals surface area contributed by atoms with Gasteiger partial charge in [-0.3, -0.25) is 0 Å². The number of nitrogens with one attached hydrogen (secondary N) is 1. The number of halogens is 1. The maximum atomic E-state index is 3.90. The lowest BCUT2D eigenvalue weighted by Gasteiger charge is -2.53. The van der Waals surface area contributed by atoms with Crippen LogP contribution >= 0.6 is 15.9 Å². The van der Waals surface area contributed by atoms with Crippen LogP contribution in [0.3, 0.4) is 0 Å². The van der Waals surface area contributed by atoms with E-state index in [1.54, 1.807) is 5.56 Å². The van der Waals surface area contributed by atoms with Crippen LogP contribution in [0.5, 0.6) is 0 Å². The number of alkyl halides is 1. The van der Waals surface area contributed by atoms with Crippen LogP contribution in [-0.2, 0) is 5.41 Å². The molecule has 3 rings (SSSR count). The highest BCUT2D eigenvalue weighted by atomic mass is 79.9. The van der Waals surface area contributed by atoms with Crippen molar-refractivity contribution in [1.82, 2.24) is 5.32 Å². The van der Waals surface area contributed by atoms with Crippen LogP contribution in [0, 0.1) is 5.92 Å². The van der Waals surface area contributed by atoms with Crippen LogP contribution in [0.1, 0.15) is 38.7 Å². The second-order valence-corrected chi connectivity index (χ2v) is 7.41. The molecule has 1 aliphatic heterocycles. The molecule has 0 aromatic heterocycles. The molecule has 1 aromatic carbocycles. The van der Waals surface area contributed by atoms with Crippen LogP contribution in [0.2, 0.25) is 0 Å². The highest BCUT2D eigenvalue weighted by Crippen LogP contribution is 2.49. The number of fused-ring (bicyclic) bond motifs is 2. The molecule has 1 N–H and O–H groups in total. The summed E-state index contributed by atoms with van der Waals surface area (Å²) < 4.78 is 0. The maximum Gasteiger partial charge on any atom is 0.0325 e. The van der Waals surface area contributed by atoms with Crippen molar-refractivity contribution < 1.29 is 0 Å². The van der Waals surface area contributed by atoms with E-state index >= 15 is 0 Å². The second-order valence-electron chi connectivity index (χ2n) is 6.35. The van der Waals surface area contributed by atoms with E-state index in [1.807, 2.05) is 0 Å². The smallest absolute Gasteiger partial charge is 0.0325 e. The van der Waals surface area contributed by atoms with Crippen molar-refractivity contribution in [3.63, 3.8) is 0 Å². The zero-order valence-electron chi connectivity index (χ0n) is 11.2. The predicted octanol–water partition coefficient (Wildman–Crippen LogP) is 3.87. The normalized spacial score (nSPS) is 43.7. The number of hydrogen-bond donors (Lipinski definition) is 1. The van der Waals surface area contributed by atoms with Gasteiger partial charge in [0.15, 0.2) is 0 Å². The lowest BCUT2D eigenvalue weighted by molar-refractivity contribution is 0.121. The average molecular weight is 308 g/mol. The van der Waals surface area contributed by atoms with Gasteiger partial charge in [-0.05, 0) is 43.1 Å². The summed E-state index contributed by atoms with van der Waals surface area (Å²) in [6, 6.07) is 12.4. The molecule has 1 aromatic rings. The third kappa shape index (κ3) is 2.04. The molecular weight excluding hydrogens is 286 g/mol. The zero-order valence-corrected chi connectivity index (χ0v) is 12.8. The molecule has 98 valence electrons. The van der Waals surface area contributed by atoms with Crippen LogP contribution in [-0.4, -0.2) is 16.9 Å². The lowest BCUT2D eigenvalue weighted by atomic mass is 9.60. The first kappa shape index (κ1) is 12.7. The van der Waals surface area contributed by atoms with Crippen LogP contribution in [0.4, 0.5) is 0 Å². The lowest BCUT2D eigenvalue weighted by Crippen LogP contribution is -2.59. The number of piperidine rings is 1. The highest BCUT2D eigenvalue weighted by molar-refractivity contribution is 9.09. The molecule has 1 heterocycles. The van der Waals surface area contributed by atoms with Crippen molar-refractivity contribution >= 4 is 15.9 Å². The molecule has 1 nitrogen and oxygen atoms in total. The van der Waals surface area contributed by atoms with Gasteiger partial charge in [0, 0.05) is 16.9 Å². The van der Waals surface area contributed by atoms with E-state index < -0.39 is 0 Å². The molecule has 5 unspecified atom stereocenters. The van der Waals surface area contributed by atoms with E-state index in [2.05, 4.69) is 65.4 Å². The van der Waals surface area contributed by atoms with Crippen molar-refractivity contribution in [1.29, 1.82) is 0 Å². The standard InChI is InChI=1S/C16H22BrN/c1-11-8-16(13-6-4-3-5-7-13)9-12(2)18-14(10-16)15(11)17/h3-7,11-12,14-15,18H,8-10H2,1-2H3. The number of rotatable bonds is 1. The summed E-state index contributed by atoms with van der Waals surface area (Å²) in [4.78, 5) is 0.622. The fraction of sp³-hybridized carbons (Fsp3) is 0.625. The van der Waals surface area contributed by atoms with E-state index in [-0.39, 0.29) is 0 Å². The Kier molecular flexibility index (Phi) is 3.27. The Labute approximate surface area is 118 Å². The average Bonchev–Trinajstić information content (AvgIpc) is 2.37. The predicted molar refractivity (Wildman–Crippen MR) is 80.2 cm³/mol. The van der Waals surface area contributed by atoms with E-state index in [1.165, 1.54) is 19.3 Å². The van der Waals surface area contributed by atoms with E-state index in [0.29, 0.717) is 22.3 Å². The van der Waals surface area contributed by atoms with Gasteiger partial charge in [0.2, 0.25) is 0 Å². The fourth-order valence-corrected chi connectivity index (χ4v) is 4.74. The minimum Gasteiger partial charge on any atom is -0.310 e. The highest BCUT2D eigenvalue weighted by Gasteiger charge is 2.48. The first-order valence-electron chi connectivity index (χ1n) is 7.06. The van der Waals surface area contributed by atoms with Crippen LogP contribution in [0.15, 0.2) is 30.3 Å².